The van der Waals surface area contributed by atoms with Crippen molar-refractivity contribution in [3.63, 3.8) is 0 Å². The molecule has 0 saturated carbocycles. The highest BCUT2D eigenvalue weighted by atomic mass is 35.5. The summed E-state index contributed by atoms with van der Waals surface area (Å²) in [5.41, 5.74) is 11.9. The molecule has 0 bridgehead atoms. The molecule has 1 aromatic carbocycles. The fourth-order valence-corrected chi connectivity index (χ4v) is 1.31. The first-order valence-electron chi connectivity index (χ1n) is 4.46. The van der Waals surface area contributed by atoms with Crippen LogP contribution in [0.1, 0.15) is 0 Å². The maximum absolute atomic E-state index is 9.15. The zero-order chi connectivity index (χ0) is 11.7. The molecule has 0 atom stereocenters. The first-order chi connectivity index (χ1) is 7.58. The topological polar surface area (TPSA) is 98.0 Å². The monoisotopic (exact) mass is 236 g/mol. The Labute approximate surface area is 96.7 Å². The van der Waals surface area contributed by atoms with Crippen LogP contribution in [0.3, 0.4) is 0 Å². The van der Waals surface area contributed by atoms with E-state index in [9.17, 15) is 0 Å². The van der Waals surface area contributed by atoms with Crippen LogP contribution in [-0.4, -0.2) is 15.1 Å². The van der Waals surface area contributed by atoms with Gasteiger partial charge in [0.05, 0.1) is 0 Å². The predicted molar refractivity (Wildman–Crippen MR) is 63.0 cm³/mol. The summed E-state index contributed by atoms with van der Waals surface area (Å²) in [6.45, 7) is 0. The first-order valence-corrected chi connectivity index (χ1v) is 4.83. The van der Waals surface area contributed by atoms with Crippen LogP contribution in [0.15, 0.2) is 24.3 Å². The van der Waals surface area contributed by atoms with E-state index in [0.29, 0.717) is 11.4 Å². The second-order valence-electron chi connectivity index (χ2n) is 3.18. The number of anilines is 2. The highest BCUT2D eigenvalue weighted by Gasteiger charge is 2.09. The van der Waals surface area contributed by atoms with Crippen molar-refractivity contribution in [2.45, 2.75) is 0 Å². The fraction of sp³-hybridized carbons (Fsp3) is 0. The highest BCUT2D eigenvalue weighted by Crippen LogP contribution is 2.26. The van der Waals surface area contributed by atoms with E-state index < -0.39 is 0 Å². The molecule has 0 aliphatic carbocycles. The van der Waals surface area contributed by atoms with Crippen molar-refractivity contribution in [2.75, 3.05) is 11.5 Å². The number of aromatic nitrogens is 2. The summed E-state index contributed by atoms with van der Waals surface area (Å²) in [5.74, 6) is 0.813. The molecule has 0 aliphatic heterocycles. The molecule has 2 aromatic rings. The van der Waals surface area contributed by atoms with Gasteiger partial charge < -0.3 is 16.6 Å². The number of hydrogen-bond acceptors (Lipinski definition) is 5. The predicted octanol–water partition coefficient (Wildman–Crippen LogP) is 1.67. The molecule has 6 heteroatoms. The van der Waals surface area contributed by atoms with Crippen LogP contribution in [-0.2, 0) is 0 Å². The minimum atomic E-state index is 0.136. The zero-order valence-corrected chi connectivity index (χ0v) is 8.94. The van der Waals surface area contributed by atoms with Crippen molar-refractivity contribution in [3.8, 4) is 17.1 Å². The van der Waals surface area contributed by atoms with Gasteiger partial charge in [-0.25, -0.2) is 9.97 Å². The molecule has 0 amide bonds. The number of phenols is 1. The lowest BCUT2D eigenvalue weighted by Gasteiger charge is -2.05. The van der Waals surface area contributed by atoms with Gasteiger partial charge >= 0.3 is 0 Å². The Bertz CT molecular complexity index is 504. The third-order valence-electron chi connectivity index (χ3n) is 2.03. The summed E-state index contributed by atoms with van der Waals surface area (Å²) in [6, 6.07) is 6.38. The first kappa shape index (κ1) is 10.5. The lowest BCUT2D eigenvalue weighted by Crippen LogP contribution is -2.01. The number of aromatic hydroxyl groups is 1. The number of benzene rings is 1. The van der Waals surface area contributed by atoms with Gasteiger partial charge in [-0.15, -0.1) is 0 Å². The molecule has 0 aliphatic rings. The van der Waals surface area contributed by atoms with Gasteiger partial charge in [0.2, 0.25) is 0 Å². The van der Waals surface area contributed by atoms with Gasteiger partial charge in [0, 0.05) is 5.56 Å². The molecule has 0 unspecified atom stereocenters. The number of halogens is 1. The Morgan fingerprint density at radius 1 is 1.00 bits per heavy atom. The van der Waals surface area contributed by atoms with Gasteiger partial charge in [-0.1, -0.05) is 11.6 Å². The van der Waals surface area contributed by atoms with Crippen molar-refractivity contribution >= 4 is 23.2 Å². The van der Waals surface area contributed by atoms with Crippen LogP contribution >= 0.6 is 11.6 Å². The van der Waals surface area contributed by atoms with E-state index in [-0.39, 0.29) is 22.4 Å². The Balaban J connectivity index is 2.52. The van der Waals surface area contributed by atoms with Crippen LogP contribution in [0.4, 0.5) is 11.6 Å². The van der Waals surface area contributed by atoms with E-state index in [1.165, 1.54) is 12.1 Å². The zero-order valence-electron chi connectivity index (χ0n) is 8.18. The van der Waals surface area contributed by atoms with Crippen LogP contribution in [0.2, 0.25) is 5.02 Å². The molecule has 2 rings (SSSR count). The third kappa shape index (κ3) is 1.85. The van der Waals surface area contributed by atoms with Gasteiger partial charge in [-0.05, 0) is 24.3 Å². The standard InChI is InChI=1S/C10H9ClN4O/c11-7-8(12)14-10(15-9(7)13)5-1-3-6(16)4-2-5/h1-4,16H,(H4,12,13,14,15). The van der Waals surface area contributed by atoms with Crippen LogP contribution < -0.4 is 11.5 Å². The molecule has 1 heterocycles. The van der Waals surface area contributed by atoms with E-state index in [4.69, 9.17) is 28.2 Å². The van der Waals surface area contributed by atoms with Crippen molar-refractivity contribution in [2.24, 2.45) is 0 Å². The third-order valence-corrected chi connectivity index (χ3v) is 2.42. The molecule has 0 saturated heterocycles. The molecule has 0 spiro atoms. The van der Waals surface area contributed by atoms with Gasteiger partial charge in [-0.3, -0.25) is 0 Å². The van der Waals surface area contributed by atoms with Crippen molar-refractivity contribution in [3.05, 3.63) is 29.3 Å². The summed E-state index contributed by atoms with van der Waals surface area (Å²) in [6.07, 6.45) is 0. The van der Waals surface area contributed by atoms with Crippen LogP contribution in [0, 0.1) is 0 Å². The van der Waals surface area contributed by atoms with Gasteiger partial charge in [0.1, 0.15) is 22.4 Å². The van der Waals surface area contributed by atoms with E-state index in [0.717, 1.165) is 0 Å². The summed E-state index contributed by atoms with van der Waals surface area (Å²) < 4.78 is 0. The average Bonchev–Trinajstić information content (AvgIpc) is 2.26. The Kier molecular flexibility index (Phi) is 2.54. The second-order valence-corrected chi connectivity index (χ2v) is 3.56. The quantitative estimate of drug-likeness (QED) is 0.700. The Morgan fingerprint density at radius 2 is 1.50 bits per heavy atom. The molecule has 0 fully saturated rings. The smallest absolute Gasteiger partial charge is 0.163 e. The largest absolute Gasteiger partial charge is 0.508 e. The fourth-order valence-electron chi connectivity index (χ4n) is 1.22. The van der Waals surface area contributed by atoms with Gasteiger partial charge in [0.15, 0.2) is 5.82 Å². The summed E-state index contributed by atoms with van der Waals surface area (Å²) in [4.78, 5) is 8.01. The van der Waals surface area contributed by atoms with Gasteiger partial charge in [-0.2, -0.15) is 0 Å². The number of nitrogens with two attached hydrogens (primary N) is 2. The molecule has 1 aromatic heterocycles. The number of phenolic OH excluding ortho intramolecular Hbond substituents is 1. The number of hydrogen-bond donors (Lipinski definition) is 3. The molecule has 5 N–H and O–H groups in total. The number of rotatable bonds is 1. The van der Waals surface area contributed by atoms with Gasteiger partial charge in [0.25, 0.3) is 0 Å². The molecular weight excluding hydrogens is 228 g/mol. The summed E-state index contributed by atoms with van der Waals surface area (Å²) >= 11 is 5.75. The lowest BCUT2D eigenvalue weighted by atomic mass is 10.2. The van der Waals surface area contributed by atoms with Crippen LogP contribution in [0.25, 0.3) is 11.4 Å². The molecular formula is C10H9ClN4O. The Morgan fingerprint density at radius 3 is 2.00 bits per heavy atom. The summed E-state index contributed by atoms with van der Waals surface area (Å²) in [5, 5.41) is 9.30. The normalized spacial score (nSPS) is 10.3. The average molecular weight is 237 g/mol. The highest BCUT2D eigenvalue weighted by molar-refractivity contribution is 6.35. The molecule has 0 radical (unpaired) electrons. The van der Waals surface area contributed by atoms with E-state index >= 15 is 0 Å². The van der Waals surface area contributed by atoms with Crippen molar-refractivity contribution in [1.82, 2.24) is 9.97 Å². The van der Waals surface area contributed by atoms with Crippen LogP contribution in [0.5, 0.6) is 5.75 Å². The molecule has 16 heavy (non-hydrogen) atoms. The molecule has 5 nitrogen and oxygen atoms in total. The van der Waals surface area contributed by atoms with Crippen molar-refractivity contribution in [1.29, 1.82) is 0 Å². The maximum atomic E-state index is 9.15. The SMILES string of the molecule is Nc1nc(-c2ccc(O)cc2)nc(N)c1Cl. The van der Waals surface area contributed by atoms with E-state index in [1.54, 1.807) is 12.1 Å². The van der Waals surface area contributed by atoms with E-state index in [2.05, 4.69) is 9.97 Å². The number of nitrogen functional groups attached to an aromatic ring is 2. The minimum absolute atomic E-state index is 0.136. The minimum Gasteiger partial charge on any atom is -0.508 e. The Hall–Kier alpha value is -2.01. The van der Waals surface area contributed by atoms with Crippen molar-refractivity contribution < 1.29 is 5.11 Å². The summed E-state index contributed by atoms with van der Waals surface area (Å²) in [7, 11) is 0. The maximum Gasteiger partial charge on any atom is 0.163 e. The van der Waals surface area contributed by atoms with E-state index in [1.807, 2.05) is 0 Å². The second kappa shape index (κ2) is 3.86. The molecule has 82 valence electrons. The number of nitrogens with zero attached hydrogens (tertiary/aromatic N) is 2. The lowest BCUT2D eigenvalue weighted by molar-refractivity contribution is 0.475.